The molecule has 1 saturated heterocycles. The van der Waals surface area contributed by atoms with Crippen molar-refractivity contribution in [2.75, 3.05) is 13.7 Å². The number of carbonyl (C=O) groups excluding carboxylic acids is 2. The monoisotopic (exact) mass is 491 g/mol. The number of nitrogens with zero attached hydrogens (tertiary/aromatic N) is 1. The molecule has 1 aliphatic heterocycles. The smallest absolute Gasteiger partial charge is 0.295 e. The lowest BCUT2D eigenvalue weighted by molar-refractivity contribution is -0.140. The van der Waals surface area contributed by atoms with Gasteiger partial charge in [-0.3, -0.25) is 9.59 Å². The normalized spacial score (nSPS) is 17.1. The van der Waals surface area contributed by atoms with Crippen LogP contribution in [0.15, 0.2) is 71.6 Å². The summed E-state index contributed by atoms with van der Waals surface area (Å²) in [6.45, 7) is 3.04. The fourth-order valence-electron chi connectivity index (χ4n) is 4.18. The molecule has 1 unspecified atom stereocenters. The number of aliphatic hydroxyl groups is 1. The molecule has 4 rings (SSSR count). The fourth-order valence-corrected chi connectivity index (χ4v) is 4.88. The van der Waals surface area contributed by atoms with Crippen LogP contribution in [0.5, 0.6) is 11.5 Å². The minimum atomic E-state index is -0.739. The maximum Gasteiger partial charge on any atom is 0.295 e. The molecule has 0 radical (unpaired) electrons. The third kappa shape index (κ3) is 5.41. The van der Waals surface area contributed by atoms with Crippen LogP contribution in [0.3, 0.4) is 0 Å². The highest BCUT2D eigenvalue weighted by molar-refractivity contribution is 7.09. The molecule has 1 atom stereocenters. The Kier molecular flexibility index (Phi) is 7.87. The van der Waals surface area contributed by atoms with Crippen molar-refractivity contribution in [3.63, 3.8) is 0 Å². The lowest BCUT2D eigenvalue weighted by Crippen LogP contribution is -2.28. The number of unbranched alkanes of at least 4 members (excludes halogenated alkanes) is 2. The third-order valence-electron chi connectivity index (χ3n) is 6.00. The summed E-state index contributed by atoms with van der Waals surface area (Å²) in [4.78, 5) is 28.8. The molecule has 6 nitrogen and oxygen atoms in total. The number of hydrogen-bond donors (Lipinski definition) is 1. The van der Waals surface area contributed by atoms with Crippen LogP contribution in [0.25, 0.3) is 5.76 Å². The number of likely N-dealkylation sites (tertiary alicyclic amines) is 1. The van der Waals surface area contributed by atoms with Crippen LogP contribution in [-0.4, -0.2) is 35.4 Å². The first-order valence-corrected chi connectivity index (χ1v) is 12.6. The molecule has 182 valence electrons. The zero-order valence-electron chi connectivity index (χ0n) is 19.9. The zero-order valence-corrected chi connectivity index (χ0v) is 20.7. The Hall–Kier alpha value is -3.58. The van der Waals surface area contributed by atoms with E-state index in [1.165, 1.54) is 16.2 Å². The summed E-state index contributed by atoms with van der Waals surface area (Å²) in [5, 5.41) is 13.2. The van der Waals surface area contributed by atoms with Crippen molar-refractivity contribution >= 4 is 28.8 Å². The Bertz CT molecular complexity index is 1200. The van der Waals surface area contributed by atoms with Gasteiger partial charge in [0.1, 0.15) is 17.3 Å². The molecule has 1 amide bonds. The molecule has 3 aromatic rings. The highest BCUT2D eigenvalue weighted by atomic mass is 32.1. The van der Waals surface area contributed by atoms with E-state index in [0.717, 1.165) is 24.1 Å². The fraction of sp³-hybridized carbons (Fsp3) is 0.286. The van der Waals surface area contributed by atoms with Crippen molar-refractivity contribution in [1.82, 2.24) is 4.90 Å². The van der Waals surface area contributed by atoms with Crippen molar-refractivity contribution in [2.24, 2.45) is 0 Å². The van der Waals surface area contributed by atoms with E-state index in [-0.39, 0.29) is 17.9 Å². The van der Waals surface area contributed by atoms with Gasteiger partial charge in [0.2, 0.25) is 0 Å². The van der Waals surface area contributed by atoms with Crippen molar-refractivity contribution in [3.8, 4) is 11.5 Å². The molecule has 0 spiro atoms. The SMILES string of the molecule is CCCCCOc1ccc(/C(O)=C2/C(=O)C(=O)N(Cc3cccs3)C2c2cccc(OC)c2)cc1. The quantitative estimate of drug-likeness (QED) is 0.164. The van der Waals surface area contributed by atoms with E-state index in [0.29, 0.717) is 29.2 Å². The molecule has 35 heavy (non-hydrogen) atoms. The van der Waals surface area contributed by atoms with Crippen LogP contribution in [0, 0.1) is 0 Å². The number of methoxy groups -OCH3 is 1. The predicted molar refractivity (Wildman–Crippen MR) is 137 cm³/mol. The van der Waals surface area contributed by atoms with Gasteiger partial charge in [0.15, 0.2) is 0 Å². The first-order valence-electron chi connectivity index (χ1n) is 11.7. The topological polar surface area (TPSA) is 76.1 Å². The summed E-state index contributed by atoms with van der Waals surface area (Å²) in [7, 11) is 1.56. The summed E-state index contributed by atoms with van der Waals surface area (Å²) in [5.41, 5.74) is 1.21. The second kappa shape index (κ2) is 11.2. The molecule has 1 aromatic heterocycles. The molecule has 2 heterocycles. The van der Waals surface area contributed by atoms with Gasteiger partial charge in [-0.2, -0.15) is 0 Å². The number of carbonyl (C=O) groups is 2. The van der Waals surface area contributed by atoms with Crippen LogP contribution in [0.2, 0.25) is 0 Å². The number of hydrogen-bond acceptors (Lipinski definition) is 6. The van der Waals surface area contributed by atoms with Crippen LogP contribution < -0.4 is 9.47 Å². The lowest BCUT2D eigenvalue weighted by atomic mass is 9.95. The summed E-state index contributed by atoms with van der Waals surface area (Å²) in [5.74, 6) is -0.244. The Morgan fingerprint density at radius 1 is 1.03 bits per heavy atom. The van der Waals surface area contributed by atoms with Gasteiger partial charge >= 0.3 is 0 Å². The Labute approximate surface area is 209 Å². The Morgan fingerprint density at radius 2 is 1.83 bits per heavy atom. The Balaban J connectivity index is 1.71. The van der Waals surface area contributed by atoms with Crippen molar-refractivity contribution < 1.29 is 24.2 Å². The zero-order chi connectivity index (χ0) is 24.8. The highest BCUT2D eigenvalue weighted by Gasteiger charge is 2.46. The minimum absolute atomic E-state index is 0.0661. The molecule has 2 aromatic carbocycles. The van der Waals surface area contributed by atoms with Gasteiger partial charge in [0.05, 0.1) is 31.9 Å². The van der Waals surface area contributed by atoms with Crippen molar-refractivity contribution in [3.05, 3.63) is 87.6 Å². The molecule has 0 saturated carbocycles. The second-order valence-corrected chi connectivity index (χ2v) is 9.40. The van der Waals surface area contributed by atoms with E-state index in [4.69, 9.17) is 9.47 Å². The lowest BCUT2D eigenvalue weighted by Gasteiger charge is -2.25. The average molecular weight is 492 g/mol. The van der Waals surface area contributed by atoms with Gasteiger partial charge in [0.25, 0.3) is 11.7 Å². The van der Waals surface area contributed by atoms with Crippen LogP contribution in [0.1, 0.15) is 48.2 Å². The molecule has 1 fully saturated rings. The number of thiophene rings is 1. The van der Waals surface area contributed by atoms with E-state index in [2.05, 4.69) is 6.92 Å². The molecular weight excluding hydrogens is 462 g/mol. The average Bonchev–Trinajstić information content (AvgIpc) is 3.49. The van der Waals surface area contributed by atoms with Gasteiger partial charge in [-0.15, -0.1) is 11.3 Å². The third-order valence-corrected chi connectivity index (χ3v) is 6.86. The Morgan fingerprint density at radius 3 is 2.51 bits per heavy atom. The van der Waals surface area contributed by atoms with E-state index in [9.17, 15) is 14.7 Å². The summed E-state index contributed by atoms with van der Waals surface area (Å²) in [6, 6.07) is 17.3. The van der Waals surface area contributed by atoms with Gasteiger partial charge in [-0.05, 0) is 59.8 Å². The summed E-state index contributed by atoms with van der Waals surface area (Å²) in [6.07, 6.45) is 3.20. The molecular formula is C28H29NO5S. The molecule has 7 heteroatoms. The van der Waals surface area contributed by atoms with E-state index >= 15 is 0 Å². The number of ketones is 1. The predicted octanol–water partition coefficient (Wildman–Crippen LogP) is 5.95. The number of amides is 1. The van der Waals surface area contributed by atoms with Crippen LogP contribution >= 0.6 is 11.3 Å². The van der Waals surface area contributed by atoms with Gasteiger partial charge in [-0.25, -0.2) is 0 Å². The van der Waals surface area contributed by atoms with Gasteiger partial charge in [-0.1, -0.05) is 38.0 Å². The van der Waals surface area contributed by atoms with Crippen LogP contribution in [0.4, 0.5) is 0 Å². The molecule has 0 bridgehead atoms. The molecule has 0 aliphatic carbocycles. The number of ether oxygens (including phenoxy) is 2. The van der Waals surface area contributed by atoms with Crippen LogP contribution in [-0.2, 0) is 16.1 Å². The first kappa shape index (κ1) is 24.5. The molecule has 1 N–H and O–H groups in total. The molecule has 1 aliphatic rings. The standard InChI is InChI=1S/C28H29NO5S/c1-3-4-5-15-34-21-13-11-19(12-14-21)26(30)24-25(20-8-6-9-22(17-20)33-2)29(28(32)27(24)31)18-23-10-7-16-35-23/h6-14,16-17,25,30H,3-5,15,18H2,1-2H3/b26-24-. The van der Waals surface area contributed by atoms with Crippen molar-refractivity contribution in [1.29, 1.82) is 0 Å². The number of benzene rings is 2. The highest BCUT2D eigenvalue weighted by Crippen LogP contribution is 2.41. The van der Waals surface area contributed by atoms with Crippen molar-refractivity contribution in [2.45, 2.75) is 38.8 Å². The number of rotatable bonds is 10. The summed E-state index contributed by atoms with van der Waals surface area (Å²) < 4.78 is 11.1. The first-order chi connectivity index (χ1) is 17.0. The maximum atomic E-state index is 13.2. The largest absolute Gasteiger partial charge is 0.507 e. The van der Waals surface area contributed by atoms with E-state index in [1.807, 2.05) is 29.6 Å². The van der Waals surface area contributed by atoms with E-state index < -0.39 is 17.7 Å². The maximum absolute atomic E-state index is 13.2. The number of Topliss-reactive ketones (excluding diaryl/α,β-unsaturated/α-hetero) is 1. The van der Waals surface area contributed by atoms with E-state index in [1.54, 1.807) is 43.5 Å². The van der Waals surface area contributed by atoms with Gasteiger partial charge in [0, 0.05) is 10.4 Å². The van der Waals surface area contributed by atoms with Gasteiger partial charge < -0.3 is 19.5 Å². The minimum Gasteiger partial charge on any atom is -0.507 e. The number of aliphatic hydroxyl groups excluding tert-OH is 1. The summed E-state index contributed by atoms with van der Waals surface area (Å²) >= 11 is 1.51. The second-order valence-electron chi connectivity index (χ2n) is 8.36.